The van der Waals surface area contributed by atoms with Gasteiger partial charge in [-0.3, -0.25) is 4.98 Å². The normalized spacial score (nSPS) is 10.4. The Labute approximate surface area is 93.4 Å². The van der Waals surface area contributed by atoms with E-state index in [1.807, 2.05) is 12.1 Å². The van der Waals surface area contributed by atoms with E-state index in [2.05, 4.69) is 15.0 Å². The number of ether oxygens (including phenoxy) is 1. The minimum atomic E-state index is -0.652. The van der Waals surface area contributed by atoms with E-state index in [0.717, 1.165) is 5.56 Å². The van der Waals surface area contributed by atoms with Crippen molar-refractivity contribution in [1.82, 2.24) is 10.3 Å². The number of nitrogens with one attached hydrogen (secondary N) is 1. The fraction of sp³-hybridized carbons (Fsp3) is 0.182. The Morgan fingerprint density at radius 1 is 1.75 bits per heavy atom. The van der Waals surface area contributed by atoms with Gasteiger partial charge in [0.15, 0.2) is 5.57 Å². The van der Waals surface area contributed by atoms with Gasteiger partial charge in [-0.1, -0.05) is 6.07 Å². The summed E-state index contributed by atoms with van der Waals surface area (Å²) < 4.78 is 4.42. The number of nitrogens with zero attached hydrogens (tertiary/aromatic N) is 2. The highest BCUT2D eigenvalue weighted by Crippen LogP contribution is 1.97. The fourth-order valence-electron chi connectivity index (χ4n) is 1.02. The Morgan fingerprint density at radius 3 is 3.12 bits per heavy atom. The molecule has 0 aliphatic rings. The van der Waals surface area contributed by atoms with Gasteiger partial charge in [0, 0.05) is 25.1 Å². The molecule has 16 heavy (non-hydrogen) atoms. The number of esters is 1. The van der Waals surface area contributed by atoms with Crippen molar-refractivity contribution in [3.8, 4) is 6.07 Å². The monoisotopic (exact) mass is 217 g/mol. The minimum absolute atomic E-state index is 0.0635. The van der Waals surface area contributed by atoms with E-state index in [1.165, 1.54) is 13.3 Å². The molecular formula is C11H11N3O2. The molecule has 0 amide bonds. The SMILES string of the molecule is COC(=O)/C(C#N)=C\NCc1cccnc1. The van der Waals surface area contributed by atoms with E-state index in [-0.39, 0.29) is 5.57 Å². The van der Waals surface area contributed by atoms with Gasteiger partial charge in [0.25, 0.3) is 0 Å². The second-order valence-electron chi connectivity index (χ2n) is 2.90. The van der Waals surface area contributed by atoms with Crippen molar-refractivity contribution < 1.29 is 9.53 Å². The topological polar surface area (TPSA) is 75.0 Å². The third-order valence-electron chi connectivity index (χ3n) is 1.80. The predicted molar refractivity (Wildman–Crippen MR) is 56.8 cm³/mol. The molecule has 0 aliphatic heterocycles. The van der Waals surface area contributed by atoms with Gasteiger partial charge in [-0.2, -0.15) is 5.26 Å². The Bertz CT molecular complexity index is 421. The summed E-state index contributed by atoms with van der Waals surface area (Å²) in [4.78, 5) is 15.0. The van der Waals surface area contributed by atoms with Crippen LogP contribution in [0.3, 0.4) is 0 Å². The smallest absolute Gasteiger partial charge is 0.350 e. The van der Waals surface area contributed by atoms with Crippen LogP contribution in [0.5, 0.6) is 0 Å². The molecule has 0 radical (unpaired) electrons. The van der Waals surface area contributed by atoms with Crippen molar-refractivity contribution in [1.29, 1.82) is 5.26 Å². The van der Waals surface area contributed by atoms with Crippen molar-refractivity contribution in [2.24, 2.45) is 0 Å². The van der Waals surface area contributed by atoms with Gasteiger partial charge in [0.2, 0.25) is 0 Å². The van der Waals surface area contributed by atoms with Crippen LogP contribution in [0.4, 0.5) is 0 Å². The highest BCUT2D eigenvalue weighted by atomic mass is 16.5. The molecule has 1 aromatic heterocycles. The Hall–Kier alpha value is -2.35. The van der Waals surface area contributed by atoms with Gasteiger partial charge in [-0.15, -0.1) is 0 Å². The summed E-state index contributed by atoms with van der Waals surface area (Å²) in [5.41, 5.74) is 0.896. The van der Waals surface area contributed by atoms with E-state index >= 15 is 0 Å². The second-order valence-corrected chi connectivity index (χ2v) is 2.90. The molecule has 0 aromatic carbocycles. The van der Waals surface area contributed by atoms with E-state index in [1.54, 1.807) is 18.5 Å². The molecular weight excluding hydrogens is 206 g/mol. The summed E-state index contributed by atoms with van der Waals surface area (Å²) >= 11 is 0. The molecule has 0 saturated heterocycles. The molecule has 0 bridgehead atoms. The number of carbonyl (C=O) groups excluding carboxylic acids is 1. The predicted octanol–water partition coefficient (Wildman–Crippen LogP) is 0.752. The highest BCUT2D eigenvalue weighted by Gasteiger charge is 2.07. The number of hydrogen-bond donors (Lipinski definition) is 1. The number of pyridine rings is 1. The maximum absolute atomic E-state index is 11.0. The van der Waals surface area contributed by atoms with Gasteiger partial charge in [-0.05, 0) is 11.6 Å². The van der Waals surface area contributed by atoms with Crippen LogP contribution >= 0.6 is 0 Å². The van der Waals surface area contributed by atoms with Gasteiger partial charge in [-0.25, -0.2) is 4.79 Å². The first-order chi connectivity index (χ1) is 7.77. The Morgan fingerprint density at radius 2 is 2.56 bits per heavy atom. The molecule has 1 N–H and O–H groups in total. The summed E-state index contributed by atoms with van der Waals surface area (Å²) in [5, 5.41) is 11.5. The van der Waals surface area contributed by atoms with Gasteiger partial charge < -0.3 is 10.1 Å². The highest BCUT2D eigenvalue weighted by molar-refractivity contribution is 5.92. The van der Waals surface area contributed by atoms with Crippen LogP contribution in [-0.2, 0) is 16.1 Å². The lowest BCUT2D eigenvalue weighted by Crippen LogP contribution is -2.10. The number of aromatic nitrogens is 1. The van der Waals surface area contributed by atoms with E-state index in [4.69, 9.17) is 5.26 Å². The summed E-state index contributed by atoms with van der Waals surface area (Å²) in [5.74, 6) is -0.652. The zero-order chi connectivity index (χ0) is 11.8. The van der Waals surface area contributed by atoms with Crippen molar-refractivity contribution in [3.63, 3.8) is 0 Å². The lowest BCUT2D eigenvalue weighted by Gasteiger charge is -2.01. The molecule has 0 atom stereocenters. The summed E-state index contributed by atoms with van der Waals surface area (Å²) in [6.07, 6.45) is 4.71. The maximum Gasteiger partial charge on any atom is 0.350 e. The number of rotatable bonds is 4. The molecule has 1 heterocycles. The Kier molecular flexibility index (Phi) is 4.54. The van der Waals surface area contributed by atoms with Crippen molar-refractivity contribution in [2.45, 2.75) is 6.54 Å². The number of carbonyl (C=O) groups is 1. The molecule has 0 fully saturated rings. The number of nitriles is 1. The average Bonchev–Trinajstić information content (AvgIpc) is 2.35. The molecule has 0 saturated carbocycles. The van der Waals surface area contributed by atoms with E-state index < -0.39 is 5.97 Å². The lowest BCUT2D eigenvalue weighted by atomic mass is 10.3. The fourth-order valence-corrected chi connectivity index (χ4v) is 1.02. The minimum Gasteiger partial charge on any atom is -0.465 e. The molecule has 1 rings (SSSR count). The van der Waals surface area contributed by atoms with Crippen LogP contribution in [-0.4, -0.2) is 18.1 Å². The van der Waals surface area contributed by atoms with Gasteiger partial charge >= 0.3 is 5.97 Å². The molecule has 82 valence electrons. The zero-order valence-corrected chi connectivity index (χ0v) is 8.80. The van der Waals surface area contributed by atoms with Crippen LogP contribution in [0, 0.1) is 11.3 Å². The second kappa shape index (κ2) is 6.19. The first kappa shape index (κ1) is 11.7. The van der Waals surface area contributed by atoms with Gasteiger partial charge in [0.1, 0.15) is 6.07 Å². The van der Waals surface area contributed by atoms with Crippen molar-refractivity contribution in [3.05, 3.63) is 41.9 Å². The quantitative estimate of drug-likeness (QED) is 0.457. The van der Waals surface area contributed by atoms with Crippen molar-refractivity contribution in [2.75, 3.05) is 7.11 Å². The van der Waals surface area contributed by atoms with Crippen LogP contribution in [0.15, 0.2) is 36.3 Å². The third kappa shape index (κ3) is 3.42. The van der Waals surface area contributed by atoms with Crippen LogP contribution in [0.1, 0.15) is 5.56 Å². The number of methoxy groups -OCH3 is 1. The van der Waals surface area contributed by atoms with Crippen LogP contribution < -0.4 is 5.32 Å². The molecule has 0 spiro atoms. The average molecular weight is 217 g/mol. The molecule has 0 unspecified atom stereocenters. The summed E-state index contributed by atoms with van der Waals surface area (Å²) in [6.45, 7) is 0.496. The van der Waals surface area contributed by atoms with Crippen LogP contribution in [0.25, 0.3) is 0 Å². The third-order valence-corrected chi connectivity index (χ3v) is 1.80. The summed E-state index contributed by atoms with van der Waals surface area (Å²) in [6, 6.07) is 5.45. The largest absolute Gasteiger partial charge is 0.465 e. The first-order valence-electron chi connectivity index (χ1n) is 4.58. The van der Waals surface area contributed by atoms with Crippen LogP contribution in [0.2, 0.25) is 0 Å². The molecule has 0 aliphatic carbocycles. The zero-order valence-electron chi connectivity index (χ0n) is 8.80. The molecule has 5 nitrogen and oxygen atoms in total. The van der Waals surface area contributed by atoms with Gasteiger partial charge in [0.05, 0.1) is 7.11 Å². The molecule has 5 heteroatoms. The first-order valence-corrected chi connectivity index (χ1v) is 4.58. The van der Waals surface area contributed by atoms with E-state index in [0.29, 0.717) is 6.54 Å². The van der Waals surface area contributed by atoms with Crippen molar-refractivity contribution >= 4 is 5.97 Å². The standard InChI is InChI=1S/C11H11N3O2/c1-16-11(15)10(5-12)8-14-7-9-3-2-4-13-6-9/h2-4,6,8,14H,7H2,1H3/b10-8-. The Balaban J connectivity index is 2.54. The molecule has 1 aromatic rings. The maximum atomic E-state index is 11.0. The number of hydrogen-bond acceptors (Lipinski definition) is 5. The summed E-state index contributed by atoms with van der Waals surface area (Å²) in [7, 11) is 1.23. The van der Waals surface area contributed by atoms with E-state index in [9.17, 15) is 4.79 Å². The lowest BCUT2D eigenvalue weighted by molar-refractivity contribution is -0.135.